The minimum Gasteiger partial charge on any atom is -0.494 e. The van der Waals surface area contributed by atoms with E-state index in [4.69, 9.17) is 39.6 Å². The lowest BCUT2D eigenvalue weighted by molar-refractivity contribution is 0.151. The molecule has 0 saturated heterocycles. The van der Waals surface area contributed by atoms with Crippen LogP contribution in [0.15, 0.2) is 57.1 Å². The summed E-state index contributed by atoms with van der Waals surface area (Å²) >= 11 is 20.0. The molecular formula is C18H10BrCl3N4O3. The zero-order valence-corrected chi connectivity index (χ0v) is 18.1. The van der Waals surface area contributed by atoms with E-state index in [1.54, 1.807) is 18.2 Å². The van der Waals surface area contributed by atoms with Gasteiger partial charge in [0.25, 0.3) is 3.92 Å². The lowest BCUT2D eigenvalue weighted by Crippen LogP contribution is -2.34. The van der Waals surface area contributed by atoms with Gasteiger partial charge in [0.05, 0.1) is 16.8 Å². The third-order valence-corrected chi connectivity index (χ3v) is 4.83. The summed E-state index contributed by atoms with van der Waals surface area (Å²) in [6, 6.07) is 12.6. The summed E-state index contributed by atoms with van der Waals surface area (Å²) in [5.74, 6) is -0.0944. The van der Waals surface area contributed by atoms with Gasteiger partial charge in [-0.3, -0.25) is 10.2 Å². The van der Waals surface area contributed by atoms with Crippen molar-refractivity contribution in [3.8, 4) is 5.88 Å². The number of carbonyl (C=O) groups excluding carboxylic acids is 1. The van der Waals surface area contributed by atoms with Crippen LogP contribution in [0.3, 0.4) is 0 Å². The number of nitrogens with one attached hydrogen (secondary N) is 2. The average Bonchev–Trinajstić information content (AvgIpc) is 3.14. The third-order valence-electron chi connectivity index (χ3n) is 4.06. The monoisotopic (exact) mass is 514 g/mol. The van der Waals surface area contributed by atoms with Crippen LogP contribution in [0.1, 0.15) is 11.1 Å². The molecule has 4 rings (SSSR count). The van der Waals surface area contributed by atoms with Crippen molar-refractivity contribution in [2.75, 3.05) is 0 Å². The zero-order valence-electron chi connectivity index (χ0n) is 14.2. The van der Waals surface area contributed by atoms with Crippen LogP contribution in [0, 0.1) is 0 Å². The Morgan fingerprint density at radius 3 is 2.76 bits per heavy atom. The number of H-pyrrole nitrogens is 1. The number of carbonyl (C=O) groups is 1. The van der Waals surface area contributed by atoms with Gasteiger partial charge in [-0.25, -0.2) is 9.79 Å². The lowest BCUT2D eigenvalue weighted by Gasteiger charge is -2.11. The molecule has 0 unspecified atom stereocenters. The fourth-order valence-corrected chi connectivity index (χ4v) is 3.55. The molecule has 2 heterocycles. The molecule has 3 N–H and O–H groups in total. The van der Waals surface area contributed by atoms with Crippen molar-refractivity contribution in [3.05, 3.63) is 58.1 Å². The molecule has 0 bridgehead atoms. The van der Waals surface area contributed by atoms with E-state index in [-0.39, 0.29) is 11.6 Å². The summed E-state index contributed by atoms with van der Waals surface area (Å²) in [4.78, 5) is 24.2. The van der Waals surface area contributed by atoms with Crippen molar-refractivity contribution < 1.29 is 14.7 Å². The molecule has 0 fully saturated rings. The molecule has 0 saturated carbocycles. The summed E-state index contributed by atoms with van der Waals surface area (Å²) in [5, 5.41) is 17.2. The van der Waals surface area contributed by atoms with Gasteiger partial charge in [-0.05, 0) is 18.2 Å². The number of alkyl halides is 3. The van der Waals surface area contributed by atoms with E-state index >= 15 is 0 Å². The Morgan fingerprint density at radius 2 is 2.00 bits per heavy atom. The van der Waals surface area contributed by atoms with Crippen molar-refractivity contribution in [1.29, 1.82) is 0 Å². The molecule has 3 aromatic rings. The van der Waals surface area contributed by atoms with E-state index in [0.29, 0.717) is 28.0 Å². The van der Waals surface area contributed by atoms with Crippen LogP contribution in [0.25, 0.3) is 10.9 Å². The van der Waals surface area contributed by atoms with Crippen LogP contribution in [0.5, 0.6) is 5.88 Å². The molecule has 0 radical (unpaired) electrons. The number of aliphatic imine (C=N–C) groups is 1. The number of hydrogen-bond donors (Lipinski definition) is 3. The number of aromatic hydroxyl groups is 1. The molecule has 1 amide bonds. The number of rotatable bonds is 2. The number of para-hydroxylation sites is 1. The summed E-state index contributed by atoms with van der Waals surface area (Å²) < 4.78 is -1.19. The predicted octanol–water partition coefficient (Wildman–Crippen LogP) is 5.53. The number of fused-ring (bicyclic) bond motifs is 2. The van der Waals surface area contributed by atoms with E-state index in [0.717, 1.165) is 9.86 Å². The molecular weight excluding hydrogens is 506 g/mol. The van der Waals surface area contributed by atoms with Crippen molar-refractivity contribution in [3.63, 3.8) is 0 Å². The van der Waals surface area contributed by atoms with Crippen LogP contribution >= 0.6 is 50.7 Å². The first-order valence-electron chi connectivity index (χ1n) is 8.06. The van der Waals surface area contributed by atoms with Gasteiger partial charge in [0.1, 0.15) is 11.4 Å². The predicted molar refractivity (Wildman–Crippen MR) is 117 cm³/mol. The van der Waals surface area contributed by atoms with Crippen LogP contribution in [-0.2, 0) is 4.84 Å². The highest BCUT2D eigenvalue weighted by molar-refractivity contribution is 9.10. The average molecular weight is 517 g/mol. The van der Waals surface area contributed by atoms with Crippen molar-refractivity contribution in [1.82, 2.24) is 10.3 Å². The van der Waals surface area contributed by atoms with Crippen LogP contribution in [-0.4, -0.2) is 31.5 Å². The standard InChI is InChI=1S/C18H10BrCl3N4O3/c19-8-5-6-9-12(7-8)24-16(27)13(9)15-14(10-3-1-2-4-11(10)23-15)26-29-17(28)25-18(20,21)22/h1-7,24,27H,(H,25,28)/b26-14+. The van der Waals surface area contributed by atoms with Gasteiger partial charge in [-0.2, -0.15) is 0 Å². The quantitative estimate of drug-likeness (QED) is 0.181. The highest BCUT2D eigenvalue weighted by Crippen LogP contribution is 2.36. The maximum absolute atomic E-state index is 11.8. The Hall–Kier alpha value is -2.26. The molecule has 148 valence electrons. The Morgan fingerprint density at radius 1 is 1.24 bits per heavy atom. The van der Waals surface area contributed by atoms with Gasteiger partial charge < -0.3 is 10.1 Å². The molecule has 0 atom stereocenters. The Kier molecular flexibility index (Phi) is 5.20. The smallest absolute Gasteiger partial charge is 0.436 e. The van der Waals surface area contributed by atoms with Crippen molar-refractivity contribution in [2.24, 2.45) is 10.1 Å². The second-order valence-corrected chi connectivity index (χ2v) is 9.15. The topological polar surface area (TPSA) is 99.1 Å². The Bertz CT molecular complexity index is 1200. The van der Waals surface area contributed by atoms with E-state index in [1.807, 2.05) is 29.6 Å². The molecule has 2 aromatic carbocycles. The van der Waals surface area contributed by atoms with E-state index < -0.39 is 10.0 Å². The minimum absolute atomic E-state index is 0.0944. The van der Waals surface area contributed by atoms with E-state index in [2.05, 4.69) is 31.1 Å². The first-order chi connectivity index (χ1) is 13.7. The van der Waals surface area contributed by atoms with Crippen LogP contribution in [0.4, 0.5) is 10.5 Å². The number of aromatic amines is 1. The fraction of sp³-hybridized carbons (Fsp3) is 0.0556. The molecule has 11 heteroatoms. The molecule has 1 aliphatic rings. The molecule has 1 aromatic heterocycles. The number of benzene rings is 2. The van der Waals surface area contributed by atoms with Gasteiger partial charge in [0.2, 0.25) is 0 Å². The number of aromatic nitrogens is 1. The normalized spacial score (nSPS) is 14.8. The van der Waals surface area contributed by atoms with Crippen molar-refractivity contribution >= 4 is 84.8 Å². The molecule has 0 spiro atoms. The summed E-state index contributed by atoms with van der Waals surface area (Å²) in [7, 11) is 0. The summed E-state index contributed by atoms with van der Waals surface area (Å²) in [5.41, 5.74) is 2.93. The highest BCUT2D eigenvalue weighted by atomic mass is 79.9. The van der Waals surface area contributed by atoms with E-state index in [9.17, 15) is 9.90 Å². The Balaban J connectivity index is 1.79. The first-order valence-corrected chi connectivity index (χ1v) is 9.98. The first kappa shape index (κ1) is 20.0. The molecule has 0 aliphatic carbocycles. The van der Waals surface area contributed by atoms with Crippen molar-refractivity contribution in [2.45, 2.75) is 3.92 Å². The van der Waals surface area contributed by atoms with Gasteiger partial charge in [0, 0.05) is 15.4 Å². The van der Waals surface area contributed by atoms with E-state index in [1.165, 1.54) is 0 Å². The number of nitrogens with zero attached hydrogens (tertiary/aromatic N) is 2. The molecule has 7 nitrogen and oxygen atoms in total. The SMILES string of the molecule is O=C(NC(Cl)(Cl)Cl)O/N=C1/C(c2c(O)[nH]c3cc(Br)ccc23)=Nc2ccccc21. The highest BCUT2D eigenvalue weighted by Gasteiger charge is 2.30. The van der Waals surface area contributed by atoms with Gasteiger partial charge in [-0.1, -0.05) is 80.2 Å². The Labute approximate surface area is 187 Å². The number of halogens is 4. The maximum Gasteiger partial charge on any atom is 0.436 e. The third kappa shape index (κ3) is 4.06. The summed E-state index contributed by atoms with van der Waals surface area (Å²) in [6.07, 6.45) is -1.06. The summed E-state index contributed by atoms with van der Waals surface area (Å²) in [6.45, 7) is 0. The van der Waals surface area contributed by atoms with Crippen LogP contribution in [0.2, 0.25) is 0 Å². The zero-order chi connectivity index (χ0) is 20.8. The van der Waals surface area contributed by atoms with Crippen LogP contribution < -0.4 is 5.32 Å². The molecule has 1 aliphatic heterocycles. The number of oxime groups is 1. The maximum atomic E-state index is 11.8. The second-order valence-electron chi connectivity index (χ2n) is 5.96. The van der Waals surface area contributed by atoms with Gasteiger partial charge in [0.15, 0.2) is 5.88 Å². The van der Waals surface area contributed by atoms with Gasteiger partial charge >= 0.3 is 6.09 Å². The second kappa shape index (κ2) is 7.53. The lowest BCUT2D eigenvalue weighted by atomic mass is 10.0. The largest absolute Gasteiger partial charge is 0.494 e. The number of amides is 1. The fourth-order valence-electron chi connectivity index (χ4n) is 2.96. The van der Waals surface area contributed by atoms with Gasteiger partial charge in [-0.15, -0.1) is 0 Å². The number of hydrogen-bond acceptors (Lipinski definition) is 5. The minimum atomic E-state index is -2.04. The molecule has 29 heavy (non-hydrogen) atoms.